The van der Waals surface area contributed by atoms with E-state index in [0.717, 1.165) is 6.42 Å². The van der Waals surface area contributed by atoms with Gasteiger partial charge in [-0.2, -0.15) is 0 Å². The maximum atomic E-state index is 3.86. The molecule has 1 saturated heterocycles. The number of rotatable bonds is 6. The first-order valence-corrected chi connectivity index (χ1v) is 10.9. The summed E-state index contributed by atoms with van der Waals surface area (Å²) in [6.45, 7) is 9.62. The number of unbranched alkanes of at least 4 members (excludes halogenated alkanes) is 1. The van der Waals surface area contributed by atoms with Crippen molar-refractivity contribution in [2.45, 2.75) is 47.9 Å². The van der Waals surface area contributed by atoms with Crippen molar-refractivity contribution in [2.75, 3.05) is 31.6 Å². The van der Waals surface area contributed by atoms with Crippen molar-refractivity contribution >= 4 is 17.4 Å². The molecule has 0 unspecified atom stereocenters. The highest BCUT2D eigenvalue weighted by atomic mass is 32.2. The van der Waals surface area contributed by atoms with Gasteiger partial charge in [0.15, 0.2) is 0 Å². The van der Waals surface area contributed by atoms with Crippen molar-refractivity contribution in [2.24, 2.45) is 0 Å². The van der Waals surface area contributed by atoms with Gasteiger partial charge in [0.2, 0.25) is 0 Å². The summed E-state index contributed by atoms with van der Waals surface area (Å²) in [5, 5.41) is 0. The van der Waals surface area contributed by atoms with Gasteiger partial charge in [0.05, 0.1) is 5.69 Å². The molecular weight excluding hydrogens is 348 g/mol. The molecule has 2 aromatic carbocycles. The van der Waals surface area contributed by atoms with Crippen molar-refractivity contribution in [3.05, 3.63) is 66.2 Å². The Morgan fingerprint density at radius 3 is 2.78 bits per heavy atom. The van der Waals surface area contributed by atoms with Gasteiger partial charge in [-0.1, -0.05) is 47.7 Å². The molecule has 2 aliphatic heterocycles. The SMILES string of the molecule is C=CCCCN1CC[C@@H]2[C@@H](C1)c1cccc(Sc3ccc(C)cc3)c1N2C. The third-order valence-electron chi connectivity index (χ3n) is 6.07. The van der Waals surface area contributed by atoms with E-state index in [-0.39, 0.29) is 0 Å². The van der Waals surface area contributed by atoms with E-state index in [9.17, 15) is 0 Å². The van der Waals surface area contributed by atoms with Crippen LogP contribution >= 0.6 is 11.8 Å². The molecule has 0 bridgehead atoms. The van der Waals surface area contributed by atoms with Crippen LogP contribution in [0.15, 0.2) is 64.9 Å². The van der Waals surface area contributed by atoms with Crippen LogP contribution in [0.3, 0.4) is 0 Å². The molecule has 27 heavy (non-hydrogen) atoms. The first kappa shape index (κ1) is 18.6. The summed E-state index contributed by atoms with van der Waals surface area (Å²) in [4.78, 5) is 7.94. The number of piperidine rings is 1. The number of hydrogen-bond acceptors (Lipinski definition) is 3. The Morgan fingerprint density at radius 2 is 2.00 bits per heavy atom. The fraction of sp³-hybridized carbons (Fsp3) is 0.417. The number of anilines is 1. The summed E-state index contributed by atoms with van der Waals surface area (Å²) < 4.78 is 0. The predicted molar refractivity (Wildman–Crippen MR) is 117 cm³/mol. The zero-order chi connectivity index (χ0) is 18.8. The van der Waals surface area contributed by atoms with Crippen molar-refractivity contribution in [3.63, 3.8) is 0 Å². The molecule has 4 rings (SSSR count). The summed E-state index contributed by atoms with van der Waals surface area (Å²) in [6.07, 6.45) is 5.66. The molecule has 0 aliphatic carbocycles. The van der Waals surface area contributed by atoms with Gasteiger partial charge in [0.1, 0.15) is 0 Å². The highest BCUT2D eigenvalue weighted by Crippen LogP contribution is 2.49. The van der Waals surface area contributed by atoms with E-state index in [4.69, 9.17) is 0 Å². The van der Waals surface area contributed by atoms with E-state index in [2.05, 4.69) is 72.8 Å². The number of nitrogens with zero attached hydrogens (tertiary/aromatic N) is 2. The zero-order valence-electron chi connectivity index (χ0n) is 16.5. The van der Waals surface area contributed by atoms with Crippen LogP contribution in [-0.2, 0) is 0 Å². The Morgan fingerprint density at radius 1 is 1.19 bits per heavy atom. The Balaban J connectivity index is 1.56. The molecule has 2 aromatic rings. The van der Waals surface area contributed by atoms with Crippen molar-refractivity contribution in [1.29, 1.82) is 0 Å². The highest BCUT2D eigenvalue weighted by molar-refractivity contribution is 7.99. The number of para-hydroxylation sites is 1. The van der Waals surface area contributed by atoms with Crippen molar-refractivity contribution in [1.82, 2.24) is 4.90 Å². The van der Waals surface area contributed by atoms with Crippen molar-refractivity contribution < 1.29 is 0 Å². The van der Waals surface area contributed by atoms with Crippen LogP contribution in [0, 0.1) is 6.92 Å². The van der Waals surface area contributed by atoms with E-state index in [1.807, 2.05) is 17.8 Å². The standard InChI is InChI=1S/C24H30N2S/c1-4-5-6-15-26-16-14-22-21(17-26)20-8-7-9-23(24(20)25(22)3)27-19-12-10-18(2)11-13-19/h4,7-13,21-22H,1,5-6,14-17H2,2-3H3/t21-,22+/m0/s1. The van der Waals surface area contributed by atoms with Gasteiger partial charge < -0.3 is 9.80 Å². The van der Waals surface area contributed by atoms with Crippen LogP contribution in [-0.4, -0.2) is 37.6 Å². The Labute approximate surface area is 168 Å². The summed E-state index contributed by atoms with van der Waals surface area (Å²) in [6, 6.07) is 16.4. The fourth-order valence-electron chi connectivity index (χ4n) is 4.64. The third kappa shape index (κ3) is 3.81. The molecule has 2 aliphatic rings. The summed E-state index contributed by atoms with van der Waals surface area (Å²) >= 11 is 1.90. The smallest absolute Gasteiger partial charge is 0.0544 e. The average Bonchev–Trinajstić information content (AvgIpc) is 2.97. The number of fused-ring (bicyclic) bond motifs is 3. The van der Waals surface area contributed by atoms with Gasteiger partial charge in [-0.15, -0.1) is 6.58 Å². The Hall–Kier alpha value is -1.71. The summed E-state index contributed by atoms with van der Waals surface area (Å²) in [5.74, 6) is 0.640. The molecule has 0 saturated carbocycles. The lowest BCUT2D eigenvalue weighted by molar-refractivity contribution is 0.193. The number of aryl methyl sites for hydroxylation is 1. The van der Waals surface area contributed by atoms with Gasteiger partial charge in [-0.25, -0.2) is 0 Å². The lowest BCUT2D eigenvalue weighted by atomic mass is 9.89. The largest absolute Gasteiger partial charge is 0.370 e. The fourth-order valence-corrected chi connectivity index (χ4v) is 5.67. The van der Waals surface area contributed by atoms with Crippen LogP contribution in [0.2, 0.25) is 0 Å². The molecule has 0 aromatic heterocycles. The van der Waals surface area contributed by atoms with Gasteiger partial charge in [-0.05, 0) is 56.5 Å². The summed E-state index contributed by atoms with van der Waals surface area (Å²) in [7, 11) is 2.30. The van der Waals surface area contributed by atoms with Crippen LogP contribution in [0.5, 0.6) is 0 Å². The molecular formula is C24H30N2S. The minimum Gasteiger partial charge on any atom is -0.370 e. The average molecular weight is 379 g/mol. The van der Waals surface area contributed by atoms with Gasteiger partial charge in [0, 0.05) is 41.9 Å². The molecule has 1 fully saturated rings. The zero-order valence-corrected chi connectivity index (χ0v) is 17.3. The third-order valence-corrected chi connectivity index (χ3v) is 7.13. The first-order valence-electron chi connectivity index (χ1n) is 10.1. The number of benzene rings is 2. The van der Waals surface area contributed by atoms with E-state index in [1.165, 1.54) is 53.5 Å². The summed E-state index contributed by atoms with van der Waals surface area (Å²) in [5.41, 5.74) is 4.33. The molecule has 3 heteroatoms. The van der Waals surface area contributed by atoms with Crippen LogP contribution in [0.1, 0.15) is 36.3 Å². The van der Waals surface area contributed by atoms with E-state index < -0.39 is 0 Å². The maximum absolute atomic E-state index is 3.86. The second kappa shape index (κ2) is 8.12. The second-order valence-corrected chi connectivity index (χ2v) is 9.03. The highest BCUT2D eigenvalue weighted by Gasteiger charge is 2.41. The minimum atomic E-state index is 0.640. The van der Waals surface area contributed by atoms with Crippen LogP contribution in [0.25, 0.3) is 0 Å². The lowest BCUT2D eigenvalue weighted by Crippen LogP contribution is -2.45. The Bertz CT molecular complexity index is 799. The predicted octanol–water partition coefficient (Wildman–Crippen LogP) is 5.72. The van der Waals surface area contributed by atoms with Gasteiger partial charge in [-0.3, -0.25) is 0 Å². The van der Waals surface area contributed by atoms with Crippen molar-refractivity contribution in [3.8, 4) is 0 Å². The first-order chi connectivity index (χ1) is 13.2. The molecule has 2 nitrogen and oxygen atoms in total. The molecule has 0 amide bonds. The van der Waals surface area contributed by atoms with Gasteiger partial charge >= 0.3 is 0 Å². The number of allylic oxidation sites excluding steroid dienone is 1. The van der Waals surface area contributed by atoms with Gasteiger partial charge in [0.25, 0.3) is 0 Å². The molecule has 2 atom stereocenters. The topological polar surface area (TPSA) is 6.48 Å². The molecule has 142 valence electrons. The maximum Gasteiger partial charge on any atom is 0.0544 e. The molecule has 0 N–H and O–H groups in total. The number of likely N-dealkylation sites (N-methyl/N-ethyl adjacent to an activating group) is 1. The molecule has 0 radical (unpaired) electrons. The normalized spacial score (nSPS) is 21.8. The molecule has 2 heterocycles. The number of hydrogen-bond donors (Lipinski definition) is 0. The number of likely N-dealkylation sites (tertiary alicyclic amines) is 1. The van der Waals surface area contributed by atoms with E-state index in [1.54, 1.807) is 5.56 Å². The van der Waals surface area contributed by atoms with Crippen LogP contribution in [0.4, 0.5) is 5.69 Å². The molecule has 0 spiro atoms. The minimum absolute atomic E-state index is 0.640. The van der Waals surface area contributed by atoms with Crippen LogP contribution < -0.4 is 4.90 Å². The Kier molecular flexibility index (Phi) is 5.60. The quantitative estimate of drug-likeness (QED) is 0.469. The monoisotopic (exact) mass is 378 g/mol. The lowest BCUT2D eigenvalue weighted by Gasteiger charge is -2.37. The van der Waals surface area contributed by atoms with E-state index in [0.29, 0.717) is 12.0 Å². The second-order valence-electron chi connectivity index (χ2n) is 7.91. The van der Waals surface area contributed by atoms with E-state index >= 15 is 0 Å².